The maximum Gasteiger partial charge on any atom is 0.312 e. The molecular weight excluding hydrogens is 230 g/mol. The summed E-state index contributed by atoms with van der Waals surface area (Å²) < 4.78 is 0. The van der Waals surface area contributed by atoms with Gasteiger partial charge in [0.15, 0.2) is 0 Å². The van der Waals surface area contributed by atoms with E-state index in [0.717, 1.165) is 36.8 Å². The molecule has 4 nitrogen and oxygen atoms in total. The average molecular weight is 249 g/mol. The fourth-order valence-corrected chi connectivity index (χ4v) is 2.90. The van der Waals surface area contributed by atoms with E-state index in [1.54, 1.807) is 6.07 Å². The van der Waals surface area contributed by atoms with Crippen LogP contribution in [-0.2, 0) is 17.6 Å². The van der Waals surface area contributed by atoms with Crippen LogP contribution < -0.4 is 5.73 Å². The minimum atomic E-state index is -0.980. The summed E-state index contributed by atoms with van der Waals surface area (Å²) in [6.45, 7) is 1.90. The fourth-order valence-electron chi connectivity index (χ4n) is 2.90. The Labute approximate surface area is 106 Å². The molecule has 0 heterocycles. The first-order chi connectivity index (χ1) is 8.56. The monoisotopic (exact) mass is 249 g/mol. The summed E-state index contributed by atoms with van der Waals surface area (Å²) in [5.74, 6) is -1.73. The Balaban J connectivity index is 2.57. The second-order valence-corrected chi connectivity index (χ2v) is 4.91. The highest BCUT2D eigenvalue weighted by atomic mass is 16.4. The zero-order chi connectivity index (χ0) is 13.3. The first-order valence-corrected chi connectivity index (χ1v) is 6.33. The van der Waals surface area contributed by atoms with E-state index in [0.29, 0.717) is 5.56 Å². The lowest BCUT2D eigenvalue weighted by Gasteiger charge is -2.23. The van der Waals surface area contributed by atoms with Gasteiger partial charge in [-0.05, 0) is 55.4 Å². The number of carbonyl (C=O) groups is 1. The van der Waals surface area contributed by atoms with Crippen molar-refractivity contribution in [2.24, 2.45) is 5.73 Å². The van der Waals surface area contributed by atoms with Crippen molar-refractivity contribution in [3.05, 3.63) is 28.3 Å². The number of carboxylic acids is 1. The quantitative estimate of drug-likeness (QED) is 0.761. The van der Waals surface area contributed by atoms with Crippen molar-refractivity contribution in [2.45, 2.75) is 38.5 Å². The minimum Gasteiger partial charge on any atom is -0.508 e. The lowest BCUT2D eigenvalue weighted by molar-refractivity contribution is -0.138. The molecule has 4 N–H and O–H groups in total. The highest BCUT2D eigenvalue weighted by Gasteiger charge is 2.26. The molecular formula is C14H19NO3. The lowest BCUT2D eigenvalue weighted by Crippen LogP contribution is -2.23. The topological polar surface area (TPSA) is 83.5 Å². The van der Waals surface area contributed by atoms with Crippen molar-refractivity contribution in [3.63, 3.8) is 0 Å². The number of rotatable bonds is 3. The van der Waals surface area contributed by atoms with Crippen LogP contribution in [0, 0.1) is 6.92 Å². The van der Waals surface area contributed by atoms with Crippen molar-refractivity contribution >= 4 is 5.97 Å². The second kappa shape index (κ2) is 4.98. The van der Waals surface area contributed by atoms with Crippen LogP contribution in [-0.4, -0.2) is 22.7 Å². The number of aromatic hydroxyl groups is 1. The largest absolute Gasteiger partial charge is 0.508 e. The maximum absolute atomic E-state index is 11.2. The number of fused-ring (bicyclic) bond motifs is 1. The van der Waals surface area contributed by atoms with Gasteiger partial charge in [0, 0.05) is 12.1 Å². The highest BCUT2D eigenvalue weighted by Crippen LogP contribution is 2.36. The van der Waals surface area contributed by atoms with Gasteiger partial charge in [-0.25, -0.2) is 0 Å². The third-order valence-corrected chi connectivity index (χ3v) is 3.84. The molecule has 0 fully saturated rings. The van der Waals surface area contributed by atoms with Gasteiger partial charge >= 0.3 is 5.97 Å². The van der Waals surface area contributed by atoms with Crippen molar-refractivity contribution in [1.29, 1.82) is 0 Å². The SMILES string of the molecule is Cc1c2c(cc(O)c1C(CN)C(=O)O)CCCC2. The Morgan fingerprint density at radius 1 is 1.44 bits per heavy atom. The van der Waals surface area contributed by atoms with Crippen LogP contribution in [0.25, 0.3) is 0 Å². The van der Waals surface area contributed by atoms with E-state index in [-0.39, 0.29) is 12.3 Å². The number of hydrogen-bond donors (Lipinski definition) is 3. The van der Waals surface area contributed by atoms with Crippen LogP contribution in [0.2, 0.25) is 0 Å². The van der Waals surface area contributed by atoms with E-state index in [4.69, 9.17) is 5.73 Å². The molecule has 18 heavy (non-hydrogen) atoms. The number of aryl methyl sites for hydroxylation is 1. The van der Waals surface area contributed by atoms with Crippen LogP contribution >= 0.6 is 0 Å². The molecule has 0 saturated heterocycles. The first-order valence-electron chi connectivity index (χ1n) is 6.33. The summed E-state index contributed by atoms with van der Waals surface area (Å²) in [4.78, 5) is 11.2. The Bertz CT molecular complexity index is 482. The van der Waals surface area contributed by atoms with Crippen molar-refractivity contribution in [3.8, 4) is 5.75 Å². The number of aliphatic carboxylic acids is 1. The molecule has 1 aliphatic rings. The Hall–Kier alpha value is -1.55. The minimum absolute atomic E-state index is 0.00250. The third-order valence-electron chi connectivity index (χ3n) is 3.84. The summed E-state index contributed by atoms with van der Waals surface area (Å²) in [6, 6.07) is 1.72. The van der Waals surface area contributed by atoms with Crippen LogP contribution in [0.1, 0.15) is 41.0 Å². The van der Waals surface area contributed by atoms with E-state index in [9.17, 15) is 15.0 Å². The molecule has 0 saturated carbocycles. The maximum atomic E-state index is 11.2. The average Bonchev–Trinajstić information content (AvgIpc) is 2.34. The molecule has 1 atom stereocenters. The molecule has 0 aromatic heterocycles. The van der Waals surface area contributed by atoms with Crippen molar-refractivity contribution < 1.29 is 15.0 Å². The summed E-state index contributed by atoms with van der Waals surface area (Å²) >= 11 is 0. The van der Waals surface area contributed by atoms with E-state index in [1.807, 2.05) is 6.92 Å². The number of carboxylic acid groups (broad SMARTS) is 1. The summed E-state index contributed by atoms with van der Waals surface area (Å²) in [6.07, 6.45) is 4.18. The number of benzene rings is 1. The molecule has 0 aliphatic heterocycles. The van der Waals surface area contributed by atoms with Crippen LogP contribution in [0.15, 0.2) is 6.07 Å². The van der Waals surface area contributed by atoms with Gasteiger partial charge in [0.1, 0.15) is 5.75 Å². The van der Waals surface area contributed by atoms with Gasteiger partial charge in [0.05, 0.1) is 5.92 Å². The second-order valence-electron chi connectivity index (χ2n) is 4.91. The number of phenolic OH excluding ortho intramolecular Hbond substituents is 1. The van der Waals surface area contributed by atoms with Gasteiger partial charge in [-0.2, -0.15) is 0 Å². The summed E-state index contributed by atoms with van der Waals surface area (Å²) in [7, 11) is 0. The zero-order valence-corrected chi connectivity index (χ0v) is 10.6. The zero-order valence-electron chi connectivity index (χ0n) is 10.6. The van der Waals surface area contributed by atoms with Gasteiger partial charge in [0.25, 0.3) is 0 Å². The lowest BCUT2D eigenvalue weighted by atomic mass is 9.82. The number of hydrogen-bond acceptors (Lipinski definition) is 3. The Morgan fingerprint density at radius 2 is 2.11 bits per heavy atom. The van der Waals surface area contributed by atoms with Gasteiger partial charge in [-0.1, -0.05) is 0 Å². The molecule has 0 amide bonds. The van der Waals surface area contributed by atoms with Gasteiger partial charge in [0.2, 0.25) is 0 Å². The highest BCUT2D eigenvalue weighted by molar-refractivity contribution is 5.78. The van der Waals surface area contributed by atoms with E-state index in [1.165, 1.54) is 5.56 Å². The summed E-state index contributed by atoms with van der Waals surface area (Å²) in [5, 5.41) is 19.3. The van der Waals surface area contributed by atoms with Gasteiger partial charge in [-0.3, -0.25) is 4.79 Å². The standard InChI is InChI=1S/C14H19NO3/c1-8-10-5-3-2-4-9(10)6-12(16)13(8)11(7-15)14(17)18/h6,11,16H,2-5,7,15H2,1H3,(H,17,18). The Kier molecular flexibility index (Phi) is 3.57. The van der Waals surface area contributed by atoms with Gasteiger partial charge < -0.3 is 15.9 Å². The molecule has 98 valence electrons. The molecule has 1 aromatic rings. The predicted molar refractivity (Wildman–Crippen MR) is 68.9 cm³/mol. The Morgan fingerprint density at radius 3 is 2.72 bits per heavy atom. The number of nitrogens with two attached hydrogens (primary N) is 1. The third kappa shape index (κ3) is 2.08. The van der Waals surface area contributed by atoms with E-state index in [2.05, 4.69) is 0 Å². The molecule has 2 rings (SSSR count). The molecule has 1 aliphatic carbocycles. The van der Waals surface area contributed by atoms with Crippen LogP contribution in [0.3, 0.4) is 0 Å². The molecule has 0 bridgehead atoms. The fraction of sp³-hybridized carbons (Fsp3) is 0.500. The molecule has 0 spiro atoms. The normalized spacial score (nSPS) is 16.1. The summed E-state index contributed by atoms with van der Waals surface area (Å²) in [5.41, 5.74) is 9.28. The smallest absolute Gasteiger partial charge is 0.312 e. The molecule has 4 heteroatoms. The molecule has 1 unspecified atom stereocenters. The van der Waals surface area contributed by atoms with Crippen LogP contribution in [0.5, 0.6) is 5.75 Å². The van der Waals surface area contributed by atoms with E-state index >= 15 is 0 Å². The first kappa shape index (κ1) is 12.9. The molecule has 1 aromatic carbocycles. The van der Waals surface area contributed by atoms with Crippen molar-refractivity contribution in [2.75, 3.05) is 6.54 Å². The van der Waals surface area contributed by atoms with Crippen molar-refractivity contribution in [1.82, 2.24) is 0 Å². The van der Waals surface area contributed by atoms with Gasteiger partial charge in [-0.15, -0.1) is 0 Å². The predicted octanol–water partition coefficient (Wildman–Crippen LogP) is 1.71. The number of phenols is 1. The van der Waals surface area contributed by atoms with Crippen LogP contribution in [0.4, 0.5) is 0 Å². The van der Waals surface area contributed by atoms with E-state index < -0.39 is 11.9 Å². The molecule has 0 radical (unpaired) electrons.